The molecule has 2 aromatic rings. The molecule has 1 heterocycles. The topological polar surface area (TPSA) is 104 Å². The second kappa shape index (κ2) is 8.61. The van der Waals surface area contributed by atoms with E-state index in [1.54, 1.807) is 19.9 Å². The lowest BCUT2D eigenvalue weighted by molar-refractivity contribution is -0.138. The monoisotopic (exact) mass is 356 g/mol. The van der Waals surface area contributed by atoms with Gasteiger partial charge >= 0.3 is 5.97 Å². The van der Waals surface area contributed by atoms with Gasteiger partial charge in [0.05, 0.1) is 12.3 Å². The lowest BCUT2D eigenvalue weighted by atomic mass is 10.2. The number of aryl methyl sites for hydroxylation is 1. The number of nitrogens with zero attached hydrogens (tertiary/aromatic N) is 2. The highest BCUT2D eigenvalue weighted by atomic mass is 32.1. The number of hydrogen-bond acceptors (Lipinski definition) is 7. The quantitative estimate of drug-likeness (QED) is 0.356. The number of nitrogens with one attached hydrogen (secondary N) is 2. The molecular formula is C17H16N4O3S. The molecule has 2 N–H and O–H groups in total. The van der Waals surface area contributed by atoms with Crippen LogP contribution in [0.3, 0.4) is 0 Å². The van der Waals surface area contributed by atoms with Crippen LogP contribution in [-0.4, -0.2) is 23.5 Å². The molecule has 0 radical (unpaired) electrons. The SMILES string of the molecule is CCOC(=O)C(C#N)=CNNC(=O)c1sc(-c2ccccc2)nc1C. The minimum absolute atomic E-state index is 0.159. The van der Waals surface area contributed by atoms with E-state index in [1.807, 2.05) is 30.3 Å². The molecule has 0 saturated carbocycles. The molecule has 0 aliphatic rings. The van der Waals surface area contributed by atoms with Crippen molar-refractivity contribution in [1.82, 2.24) is 15.8 Å². The zero-order valence-electron chi connectivity index (χ0n) is 13.7. The summed E-state index contributed by atoms with van der Waals surface area (Å²) in [4.78, 5) is 28.5. The van der Waals surface area contributed by atoms with E-state index in [1.165, 1.54) is 11.3 Å². The number of carbonyl (C=O) groups excluding carboxylic acids is 2. The van der Waals surface area contributed by atoms with E-state index in [-0.39, 0.29) is 12.2 Å². The zero-order chi connectivity index (χ0) is 18.2. The largest absolute Gasteiger partial charge is 0.462 e. The van der Waals surface area contributed by atoms with E-state index >= 15 is 0 Å². The molecule has 0 bridgehead atoms. The molecule has 8 heteroatoms. The Balaban J connectivity index is 2.06. The number of hydrogen-bond donors (Lipinski definition) is 2. The summed E-state index contributed by atoms with van der Waals surface area (Å²) >= 11 is 1.26. The van der Waals surface area contributed by atoms with Crippen molar-refractivity contribution in [3.8, 4) is 16.6 Å². The van der Waals surface area contributed by atoms with E-state index < -0.39 is 11.9 Å². The molecule has 0 aliphatic heterocycles. The Bertz CT molecular complexity index is 837. The molecule has 1 amide bonds. The number of hydrazine groups is 1. The van der Waals surface area contributed by atoms with E-state index in [2.05, 4.69) is 15.8 Å². The van der Waals surface area contributed by atoms with Crippen LogP contribution >= 0.6 is 11.3 Å². The van der Waals surface area contributed by atoms with Gasteiger partial charge < -0.3 is 10.2 Å². The molecule has 1 aromatic carbocycles. The van der Waals surface area contributed by atoms with E-state index in [0.717, 1.165) is 16.8 Å². The number of ether oxygens (including phenoxy) is 1. The van der Waals surface area contributed by atoms with Crippen LogP contribution in [0, 0.1) is 18.3 Å². The molecule has 0 spiro atoms. The first-order valence-corrected chi connectivity index (χ1v) is 8.24. The van der Waals surface area contributed by atoms with Crippen molar-refractivity contribution < 1.29 is 14.3 Å². The summed E-state index contributed by atoms with van der Waals surface area (Å²) in [7, 11) is 0. The zero-order valence-corrected chi connectivity index (χ0v) is 14.5. The van der Waals surface area contributed by atoms with Crippen LogP contribution in [-0.2, 0) is 9.53 Å². The van der Waals surface area contributed by atoms with Gasteiger partial charge in [0.15, 0.2) is 5.57 Å². The van der Waals surface area contributed by atoms with Crippen LogP contribution in [0.15, 0.2) is 42.1 Å². The Hall–Kier alpha value is -3.18. The van der Waals surface area contributed by atoms with Crippen molar-refractivity contribution >= 4 is 23.2 Å². The van der Waals surface area contributed by atoms with Crippen LogP contribution in [0.2, 0.25) is 0 Å². The van der Waals surface area contributed by atoms with E-state index in [4.69, 9.17) is 10.00 Å². The molecule has 0 fully saturated rings. The van der Waals surface area contributed by atoms with Gasteiger partial charge in [-0.3, -0.25) is 10.2 Å². The third-order valence-electron chi connectivity index (χ3n) is 3.04. The number of esters is 1. The average molecular weight is 356 g/mol. The van der Waals surface area contributed by atoms with Crippen LogP contribution in [0.4, 0.5) is 0 Å². The molecular weight excluding hydrogens is 340 g/mol. The van der Waals surface area contributed by atoms with Crippen molar-refractivity contribution in [1.29, 1.82) is 5.26 Å². The van der Waals surface area contributed by atoms with Gasteiger partial charge in [-0.15, -0.1) is 11.3 Å². The van der Waals surface area contributed by atoms with Crippen molar-refractivity contribution in [2.75, 3.05) is 6.61 Å². The molecule has 7 nitrogen and oxygen atoms in total. The number of carbonyl (C=O) groups is 2. The molecule has 1 aromatic heterocycles. The van der Waals surface area contributed by atoms with Crippen molar-refractivity contribution in [2.45, 2.75) is 13.8 Å². The molecule has 0 saturated heterocycles. The summed E-state index contributed by atoms with van der Waals surface area (Å²) in [6.07, 6.45) is 1.09. The Morgan fingerprint density at radius 3 is 2.72 bits per heavy atom. The van der Waals surface area contributed by atoms with Gasteiger partial charge in [0.1, 0.15) is 16.0 Å². The normalized spacial score (nSPS) is 10.7. The maximum Gasteiger partial charge on any atom is 0.350 e. The third kappa shape index (κ3) is 4.65. The second-order valence-electron chi connectivity index (χ2n) is 4.79. The first-order chi connectivity index (χ1) is 12.1. The van der Waals surface area contributed by atoms with Gasteiger partial charge in [-0.2, -0.15) is 5.26 Å². The van der Waals surface area contributed by atoms with Gasteiger partial charge in [-0.05, 0) is 13.8 Å². The second-order valence-corrected chi connectivity index (χ2v) is 5.79. The number of thiazole rings is 1. The van der Waals surface area contributed by atoms with Crippen LogP contribution in [0.25, 0.3) is 10.6 Å². The standard InChI is InChI=1S/C17H16N4O3S/c1-3-24-17(23)13(9-18)10-19-21-15(22)14-11(2)20-16(25-14)12-7-5-4-6-8-12/h4-8,10,19H,3H2,1-2H3,(H,21,22). The lowest BCUT2D eigenvalue weighted by Gasteiger charge is -2.04. The van der Waals surface area contributed by atoms with Gasteiger partial charge in [-0.25, -0.2) is 9.78 Å². The van der Waals surface area contributed by atoms with Crippen molar-refractivity contribution in [3.05, 3.63) is 52.7 Å². The summed E-state index contributed by atoms with van der Waals surface area (Å²) in [6, 6.07) is 11.2. The highest BCUT2D eigenvalue weighted by molar-refractivity contribution is 7.17. The minimum atomic E-state index is -0.757. The molecule has 0 unspecified atom stereocenters. The van der Waals surface area contributed by atoms with Crippen molar-refractivity contribution in [3.63, 3.8) is 0 Å². The smallest absolute Gasteiger partial charge is 0.350 e. The summed E-state index contributed by atoms with van der Waals surface area (Å²) in [6.45, 7) is 3.54. The van der Waals surface area contributed by atoms with Gasteiger partial charge in [0.25, 0.3) is 5.91 Å². The number of nitriles is 1. The fraction of sp³-hybridized carbons (Fsp3) is 0.176. The van der Waals surface area contributed by atoms with Crippen LogP contribution in [0.5, 0.6) is 0 Å². The number of benzene rings is 1. The molecule has 128 valence electrons. The maximum atomic E-state index is 12.2. The Kier molecular flexibility index (Phi) is 6.26. The highest BCUT2D eigenvalue weighted by Crippen LogP contribution is 2.27. The minimum Gasteiger partial charge on any atom is -0.462 e. The molecule has 0 aliphatic carbocycles. The Labute approximate surface area is 148 Å². The lowest BCUT2D eigenvalue weighted by Crippen LogP contribution is -2.34. The fourth-order valence-corrected chi connectivity index (χ4v) is 2.85. The van der Waals surface area contributed by atoms with Gasteiger partial charge in [0.2, 0.25) is 0 Å². The molecule has 25 heavy (non-hydrogen) atoms. The van der Waals surface area contributed by atoms with Crippen LogP contribution in [0.1, 0.15) is 22.3 Å². The summed E-state index contributed by atoms with van der Waals surface area (Å²) < 4.78 is 4.72. The van der Waals surface area contributed by atoms with Crippen LogP contribution < -0.4 is 10.9 Å². The van der Waals surface area contributed by atoms with Gasteiger partial charge in [-0.1, -0.05) is 30.3 Å². The summed E-state index contributed by atoms with van der Waals surface area (Å²) in [5.74, 6) is -1.17. The Morgan fingerprint density at radius 1 is 1.36 bits per heavy atom. The molecule has 2 rings (SSSR count). The third-order valence-corrected chi connectivity index (χ3v) is 4.25. The van der Waals surface area contributed by atoms with E-state index in [9.17, 15) is 9.59 Å². The number of rotatable bonds is 6. The summed E-state index contributed by atoms with van der Waals surface area (Å²) in [5, 5.41) is 9.64. The summed E-state index contributed by atoms with van der Waals surface area (Å²) in [5.41, 5.74) is 6.14. The molecule has 0 atom stereocenters. The highest BCUT2D eigenvalue weighted by Gasteiger charge is 2.16. The predicted molar refractivity (Wildman–Crippen MR) is 93.2 cm³/mol. The number of aromatic nitrogens is 1. The Morgan fingerprint density at radius 2 is 2.08 bits per heavy atom. The maximum absolute atomic E-state index is 12.2. The van der Waals surface area contributed by atoms with E-state index in [0.29, 0.717) is 10.6 Å². The van der Waals surface area contributed by atoms with Crippen molar-refractivity contribution in [2.24, 2.45) is 0 Å². The first kappa shape index (κ1) is 18.2. The number of amides is 1. The predicted octanol–water partition coefficient (Wildman–Crippen LogP) is 2.32. The average Bonchev–Trinajstić information content (AvgIpc) is 3.01. The first-order valence-electron chi connectivity index (χ1n) is 7.43. The van der Waals surface area contributed by atoms with Gasteiger partial charge in [0, 0.05) is 11.8 Å². The fourth-order valence-electron chi connectivity index (χ4n) is 1.89.